The summed E-state index contributed by atoms with van der Waals surface area (Å²) in [6.07, 6.45) is 2.79. The zero-order chi connectivity index (χ0) is 20.5. The van der Waals surface area contributed by atoms with Gasteiger partial charge in [0.25, 0.3) is 5.91 Å². The Labute approximate surface area is 176 Å². The van der Waals surface area contributed by atoms with Gasteiger partial charge in [0.2, 0.25) is 0 Å². The zero-order valence-electron chi connectivity index (χ0n) is 17.3. The van der Waals surface area contributed by atoms with Crippen LogP contribution in [0.25, 0.3) is 5.69 Å². The molecule has 0 saturated carbocycles. The molecular formula is C24H26N4O2. The van der Waals surface area contributed by atoms with Gasteiger partial charge in [0.05, 0.1) is 12.3 Å². The monoisotopic (exact) mass is 402 g/mol. The van der Waals surface area contributed by atoms with Crippen LogP contribution < -0.4 is 4.74 Å². The number of hydrogen-bond donors (Lipinski definition) is 0. The lowest BCUT2D eigenvalue weighted by atomic mass is 10.1. The summed E-state index contributed by atoms with van der Waals surface area (Å²) in [5.41, 5.74) is 5.41. The first-order valence-corrected chi connectivity index (χ1v) is 10.5. The molecule has 1 amide bonds. The van der Waals surface area contributed by atoms with Gasteiger partial charge in [0.15, 0.2) is 0 Å². The maximum atomic E-state index is 12.9. The van der Waals surface area contributed by atoms with Crippen molar-refractivity contribution in [2.75, 3.05) is 32.8 Å². The Balaban J connectivity index is 1.18. The average Bonchev–Trinajstić information content (AvgIpc) is 3.42. The Bertz CT molecular complexity index is 1050. The summed E-state index contributed by atoms with van der Waals surface area (Å²) in [5.74, 6) is 1.14. The first kappa shape index (κ1) is 18.9. The molecule has 0 radical (unpaired) electrons. The van der Waals surface area contributed by atoms with Crippen molar-refractivity contribution in [2.24, 2.45) is 0 Å². The van der Waals surface area contributed by atoms with Gasteiger partial charge in [-0.05, 0) is 54.4 Å². The third-order valence-corrected chi connectivity index (χ3v) is 6.01. The summed E-state index contributed by atoms with van der Waals surface area (Å²) >= 11 is 0. The largest absolute Gasteiger partial charge is 0.493 e. The molecule has 0 N–H and O–H groups in total. The van der Waals surface area contributed by atoms with Crippen LogP contribution in [0.2, 0.25) is 0 Å². The van der Waals surface area contributed by atoms with Gasteiger partial charge in [0, 0.05) is 56.6 Å². The number of benzene rings is 2. The molecule has 0 spiro atoms. The molecular weight excluding hydrogens is 376 g/mol. The number of piperazine rings is 1. The number of aryl methyl sites for hydroxylation is 1. The van der Waals surface area contributed by atoms with Crippen LogP contribution in [0.3, 0.4) is 0 Å². The van der Waals surface area contributed by atoms with E-state index in [1.807, 2.05) is 46.8 Å². The molecule has 1 fully saturated rings. The molecule has 154 valence electrons. The van der Waals surface area contributed by atoms with Crippen LogP contribution in [0, 0.1) is 6.92 Å². The van der Waals surface area contributed by atoms with E-state index in [9.17, 15) is 4.79 Å². The number of rotatable bonds is 4. The Morgan fingerprint density at radius 2 is 1.83 bits per heavy atom. The van der Waals surface area contributed by atoms with Crippen LogP contribution in [0.15, 0.2) is 54.7 Å². The molecule has 6 heteroatoms. The molecule has 0 atom stereocenters. The van der Waals surface area contributed by atoms with E-state index in [1.54, 1.807) is 6.20 Å². The summed E-state index contributed by atoms with van der Waals surface area (Å²) in [7, 11) is 0. The van der Waals surface area contributed by atoms with E-state index < -0.39 is 0 Å². The lowest BCUT2D eigenvalue weighted by Crippen LogP contribution is -2.48. The fourth-order valence-corrected chi connectivity index (χ4v) is 4.27. The van der Waals surface area contributed by atoms with Crippen molar-refractivity contribution in [1.29, 1.82) is 0 Å². The summed E-state index contributed by atoms with van der Waals surface area (Å²) in [5, 5.41) is 4.32. The van der Waals surface area contributed by atoms with Crippen molar-refractivity contribution in [3.63, 3.8) is 0 Å². The molecule has 1 aromatic heterocycles. The molecule has 0 bridgehead atoms. The topological polar surface area (TPSA) is 50.6 Å². The number of carbonyl (C=O) groups is 1. The highest BCUT2D eigenvalue weighted by Crippen LogP contribution is 2.26. The minimum Gasteiger partial charge on any atom is -0.493 e. The van der Waals surface area contributed by atoms with E-state index >= 15 is 0 Å². The number of hydrogen-bond acceptors (Lipinski definition) is 4. The van der Waals surface area contributed by atoms with Crippen LogP contribution in [-0.4, -0.2) is 58.3 Å². The standard InChI is InChI=1S/C24H26N4O2/c1-18-8-10-25-28(18)22-5-3-20(4-6-22)24(29)27-13-11-26(12-14-27)17-19-2-7-23-21(16-19)9-15-30-23/h2-8,10,16H,9,11-15,17H2,1H3. The number of aromatic nitrogens is 2. The fourth-order valence-electron chi connectivity index (χ4n) is 4.27. The Hall–Kier alpha value is -3.12. The first-order valence-electron chi connectivity index (χ1n) is 10.5. The first-order chi connectivity index (χ1) is 14.7. The van der Waals surface area contributed by atoms with E-state index in [-0.39, 0.29) is 5.91 Å². The Kier molecular flexibility index (Phi) is 5.01. The molecule has 0 unspecified atom stereocenters. The van der Waals surface area contributed by atoms with Crippen LogP contribution in [0.4, 0.5) is 0 Å². The molecule has 30 heavy (non-hydrogen) atoms. The molecule has 0 aliphatic carbocycles. The van der Waals surface area contributed by atoms with Gasteiger partial charge in [-0.25, -0.2) is 4.68 Å². The van der Waals surface area contributed by atoms with Crippen molar-refractivity contribution >= 4 is 5.91 Å². The molecule has 3 heterocycles. The highest BCUT2D eigenvalue weighted by Gasteiger charge is 2.23. The average molecular weight is 402 g/mol. The smallest absolute Gasteiger partial charge is 0.253 e. The predicted octanol–water partition coefficient (Wildman–Crippen LogP) is 3.07. The van der Waals surface area contributed by atoms with Crippen LogP contribution in [0.1, 0.15) is 27.2 Å². The van der Waals surface area contributed by atoms with Crippen molar-refractivity contribution < 1.29 is 9.53 Å². The van der Waals surface area contributed by atoms with E-state index in [2.05, 4.69) is 28.2 Å². The summed E-state index contributed by atoms with van der Waals surface area (Å²) in [4.78, 5) is 17.3. The van der Waals surface area contributed by atoms with Gasteiger partial charge >= 0.3 is 0 Å². The minimum absolute atomic E-state index is 0.105. The molecule has 2 aliphatic heterocycles. The number of carbonyl (C=O) groups excluding carboxylic acids is 1. The molecule has 2 aromatic carbocycles. The van der Waals surface area contributed by atoms with E-state index in [4.69, 9.17) is 4.74 Å². The summed E-state index contributed by atoms with van der Waals surface area (Å²) in [6.45, 7) is 7.03. The van der Waals surface area contributed by atoms with Crippen molar-refractivity contribution in [3.05, 3.63) is 77.1 Å². The minimum atomic E-state index is 0.105. The molecule has 6 nitrogen and oxygen atoms in total. The predicted molar refractivity (Wildman–Crippen MR) is 115 cm³/mol. The molecule has 1 saturated heterocycles. The lowest BCUT2D eigenvalue weighted by molar-refractivity contribution is 0.0628. The number of nitrogens with zero attached hydrogens (tertiary/aromatic N) is 4. The van der Waals surface area contributed by atoms with E-state index in [1.165, 1.54) is 11.1 Å². The van der Waals surface area contributed by atoms with Crippen LogP contribution >= 0.6 is 0 Å². The maximum absolute atomic E-state index is 12.9. The van der Waals surface area contributed by atoms with E-state index in [0.717, 1.165) is 68.4 Å². The fraction of sp³-hybridized carbons (Fsp3) is 0.333. The third-order valence-electron chi connectivity index (χ3n) is 6.01. The van der Waals surface area contributed by atoms with Crippen molar-refractivity contribution in [1.82, 2.24) is 19.6 Å². The molecule has 2 aliphatic rings. The second-order valence-corrected chi connectivity index (χ2v) is 8.04. The second-order valence-electron chi connectivity index (χ2n) is 8.04. The van der Waals surface area contributed by atoms with Gasteiger partial charge in [-0.3, -0.25) is 9.69 Å². The number of fused-ring (bicyclic) bond motifs is 1. The highest BCUT2D eigenvalue weighted by atomic mass is 16.5. The molecule has 3 aromatic rings. The quantitative estimate of drug-likeness (QED) is 0.673. The lowest BCUT2D eigenvalue weighted by Gasteiger charge is -2.35. The van der Waals surface area contributed by atoms with Crippen molar-refractivity contribution in [2.45, 2.75) is 19.9 Å². The third kappa shape index (κ3) is 3.71. The van der Waals surface area contributed by atoms with E-state index in [0.29, 0.717) is 0 Å². The van der Waals surface area contributed by atoms with Crippen LogP contribution in [0.5, 0.6) is 5.75 Å². The summed E-state index contributed by atoms with van der Waals surface area (Å²) in [6, 6.07) is 16.2. The van der Waals surface area contributed by atoms with Gasteiger partial charge in [-0.2, -0.15) is 5.10 Å². The zero-order valence-corrected chi connectivity index (χ0v) is 17.3. The Morgan fingerprint density at radius 3 is 2.57 bits per heavy atom. The number of amides is 1. The van der Waals surface area contributed by atoms with Crippen molar-refractivity contribution in [3.8, 4) is 11.4 Å². The normalized spacial score (nSPS) is 16.4. The summed E-state index contributed by atoms with van der Waals surface area (Å²) < 4.78 is 7.47. The highest BCUT2D eigenvalue weighted by molar-refractivity contribution is 5.94. The Morgan fingerprint density at radius 1 is 1.03 bits per heavy atom. The maximum Gasteiger partial charge on any atom is 0.253 e. The van der Waals surface area contributed by atoms with Crippen LogP contribution in [-0.2, 0) is 13.0 Å². The second kappa shape index (κ2) is 7.95. The van der Waals surface area contributed by atoms with Gasteiger partial charge in [-0.1, -0.05) is 12.1 Å². The molecule has 5 rings (SSSR count). The van der Waals surface area contributed by atoms with Gasteiger partial charge in [-0.15, -0.1) is 0 Å². The SMILES string of the molecule is Cc1ccnn1-c1ccc(C(=O)N2CCN(Cc3ccc4c(c3)CCO4)CC2)cc1. The van der Waals surface area contributed by atoms with Gasteiger partial charge in [0.1, 0.15) is 5.75 Å². The number of ether oxygens (including phenoxy) is 1. The van der Waals surface area contributed by atoms with Gasteiger partial charge < -0.3 is 9.64 Å².